The minimum Gasteiger partial charge on any atom is -0.379 e. The van der Waals surface area contributed by atoms with Crippen LogP contribution in [0.3, 0.4) is 0 Å². The summed E-state index contributed by atoms with van der Waals surface area (Å²) in [7, 11) is 0. The maximum atomic E-state index is 5.62. The quantitative estimate of drug-likeness (QED) is 0.800. The van der Waals surface area contributed by atoms with Gasteiger partial charge in [0.25, 0.3) is 0 Å². The first-order chi connectivity index (χ1) is 12.9. The Bertz CT molecular complexity index is 603. The molecule has 6 nitrogen and oxygen atoms in total. The lowest BCUT2D eigenvalue weighted by Crippen LogP contribution is -2.60. The fourth-order valence-corrected chi connectivity index (χ4v) is 4.68. The van der Waals surface area contributed by atoms with E-state index in [9.17, 15) is 0 Å². The van der Waals surface area contributed by atoms with Gasteiger partial charge in [-0.25, -0.2) is 4.99 Å². The molecule has 0 amide bonds. The van der Waals surface area contributed by atoms with E-state index in [1.165, 1.54) is 5.69 Å². The van der Waals surface area contributed by atoms with E-state index in [1.807, 2.05) is 11.8 Å². The van der Waals surface area contributed by atoms with Crippen LogP contribution in [0.25, 0.3) is 0 Å². The van der Waals surface area contributed by atoms with E-state index in [1.54, 1.807) is 0 Å². The summed E-state index contributed by atoms with van der Waals surface area (Å²) >= 11 is 1.84. The highest BCUT2D eigenvalue weighted by Crippen LogP contribution is 2.33. The van der Waals surface area contributed by atoms with Gasteiger partial charge in [0.05, 0.1) is 26.4 Å². The van der Waals surface area contributed by atoms with Crippen LogP contribution in [-0.4, -0.2) is 85.7 Å². The molecular weight excluding hydrogens is 348 g/mol. The summed E-state index contributed by atoms with van der Waals surface area (Å²) in [6.07, 6.45) is 0.361. The van der Waals surface area contributed by atoms with Gasteiger partial charge in [0.1, 0.15) is 12.3 Å². The predicted molar refractivity (Wildman–Crippen MR) is 107 cm³/mol. The number of nitrogens with zero attached hydrogens (tertiary/aromatic N) is 4. The molecule has 0 aromatic heterocycles. The maximum Gasteiger partial charge on any atom is 0.166 e. The Morgan fingerprint density at radius 2 is 1.58 bits per heavy atom. The van der Waals surface area contributed by atoms with Gasteiger partial charge in [0, 0.05) is 31.9 Å². The maximum absolute atomic E-state index is 5.62. The highest BCUT2D eigenvalue weighted by Gasteiger charge is 2.44. The van der Waals surface area contributed by atoms with Gasteiger partial charge in [0.15, 0.2) is 5.17 Å². The van der Waals surface area contributed by atoms with Crippen molar-refractivity contribution in [1.82, 2.24) is 9.80 Å². The molecule has 0 saturated carbocycles. The monoisotopic (exact) mass is 376 g/mol. The van der Waals surface area contributed by atoms with Crippen molar-refractivity contribution < 1.29 is 9.47 Å². The van der Waals surface area contributed by atoms with Gasteiger partial charge in [-0.3, -0.25) is 9.80 Å². The molecule has 0 N–H and O–H groups in total. The summed E-state index contributed by atoms with van der Waals surface area (Å²) in [4.78, 5) is 12.7. The van der Waals surface area contributed by atoms with Crippen molar-refractivity contribution in [3.63, 3.8) is 0 Å². The van der Waals surface area contributed by atoms with Crippen LogP contribution in [0.2, 0.25) is 0 Å². The van der Waals surface area contributed by atoms with Crippen LogP contribution in [0, 0.1) is 0 Å². The molecule has 2 atom stereocenters. The fraction of sp³-hybridized carbons (Fsp3) is 0.632. The zero-order chi connectivity index (χ0) is 17.8. The smallest absolute Gasteiger partial charge is 0.166 e. The Kier molecular flexibility index (Phi) is 6.12. The van der Waals surface area contributed by atoms with E-state index in [0.29, 0.717) is 0 Å². The van der Waals surface area contributed by atoms with Gasteiger partial charge >= 0.3 is 0 Å². The van der Waals surface area contributed by atoms with E-state index >= 15 is 0 Å². The van der Waals surface area contributed by atoms with Gasteiger partial charge < -0.3 is 14.4 Å². The molecule has 3 heterocycles. The average molecular weight is 377 g/mol. The number of amidine groups is 1. The summed E-state index contributed by atoms with van der Waals surface area (Å²) in [5.74, 6) is 1.02. The number of rotatable bonds is 4. The normalized spacial score (nSPS) is 28.3. The molecule has 142 valence electrons. The summed E-state index contributed by atoms with van der Waals surface area (Å²) in [6.45, 7) is 9.18. The van der Waals surface area contributed by atoms with Crippen LogP contribution in [-0.2, 0) is 9.47 Å². The van der Waals surface area contributed by atoms with E-state index < -0.39 is 0 Å². The first-order valence-electron chi connectivity index (χ1n) is 9.57. The van der Waals surface area contributed by atoms with Gasteiger partial charge in [-0.2, -0.15) is 0 Å². The molecule has 0 radical (unpaired) electrons. The molecule has 2 fully saturated rings. The number of para-hydroxylation sites is 1. The Morgan fingerprint density at radius 3 is 2.19 bits per heavy atom. The first kappa shape index (κ1) is 18.3. The highest BCUT2D eigenvalue weighted by atomic mass is 32.2. The Labute approximate surface area is 160 Å². The van der Waals surface area contributed by atoms with Gasteiger partial charge in [-0.05, 0) is 17.9 Å². The van der Waals surface area contributed by atoms with Crippen LogP contribution >= 0.6 is 11.8 Å². The van der Waals surface area contributed by atoms with Crippen LogP contribution < -0.4 is 4.90 Å². The minimum absolute atomic E-state index is 0.145. The predicted octanol–water partition coefficient (Wildman–Crippen LogP) is 1.93. The van der Waals surface area contributed by atoms with Crippen LogP contribution in [0.1, 0.15) is 6.92 Å². The van der Waals surface area contributed by atoms with Crippen molar-refractivity contribution in [3.8, 4) is 0 Å². The lowest BCUT2D eigenvalue weighted by atomic mass is 10.2. The lowest BCUT2D eigenvalue weighted by Gasteiger charge is -2.43. The molecule has 0 spiro atoms. The second-order valence-electron chi connectivity index (χ2n) is 6.67. The summed E-state index contributed by atoms with van der Waals surface area (Å²) in [5.41, 5.74) is 1.22. The number of hydrogen-bond donors (Lipinski definition) is 0. The number of thioether (sulfide) groups is 1. The molecule has 3 aliphatic rings. The van der Waals surface area contributed by atoms with Crippen molar-refractivity contribution in [2.45, 2.75) is 19.3 Å². The Morgan fingerprint density at radius 1 is 0.962 bits per heavy atom. The first-order valence-corrected chi connectivity index (χ1v) is 10.6. The highest BCUT2D eigenvalue weighted by molar-refractivity contribution is 8.14. The Hall–Kier alpha value is -1.12. The SMILES string of the molecule is CCSC1=N[C@@H](N2CCOCC2)[C@H](N2CCOCC2)N1c1ccccc1. The van der Waals surface area contributed by atoms with E-state index in [-0.39, 0.29) is 12.3 Å². The zero-order valence-corrected chi connectivity index (χ0v) is 16.2. The summed E-state index contributed by atoms with van der Waals surface area (Å²) < 4.78 is 11.2. The zero-order valence-electron chi connectivity index (χ0n) is 15.4. The third kappa shape index (κ3) is 3.77. The molecule has 0 unspecified atom stereocenters. The van der Waals surface area contributed by atoms with Crippen molar-refractivity contribution >= 4 is 22.6 Å². The second-order valence-corrected chi connectivity index (χ2v) is 7.91. The molecule has 0 bridgehead atoms. The number of hydrogen-bond acceptors (Lipinski definition) is 7. The van der Waals surface area contributed by atoms with Gasteiger partial charge in [0.2, 0.25) is 0 Å². The third-order valence-corrected chi connectivity index (χ3v) is 5.98. The molecule has 7 heteroatoms. The lowest BCUT2D eigenvalue weighted by molar-refractivity contribution is -0.0273. The molecule has 2 saturated heterocycles. The largest absolute Gasteiger partial charge is 0.379 e. The van der Waals surface area contributed by atoms with E-state index in [0.717, 1.165) is 63.5 Å². The topological polar surface area (TPSA) is 40.5 Å². The van der Waals surface area contributed by atoms with Crippen LogP contribution in [0.5, 0.6) is 0 Å². The van der Waals surface area contributed by atoms with Crippen molar-refractivity contribution in [1.29, 1.82) is 0 Å². The third-order valence-electron chi connectivity index (χ3n) is 5.13. The van der Waals surface area contributed by atoms with Gasteiger partial charge in [-0.15, -0.1) is 0 Å². The summed E-state index contributed by atoms with van der Waals surface area (Å²) in [6, 6.07) is 10.7. The number of aliphatic imine (C=N–C) groups is 1. The standard InChI is InChI=1S/C19H28N4O2S/c1-2-26-19-20-17(21-8-12-24-13-9-21)18(22-10-14-25-15-11-22)23(19)16-6-4-3-5-7-16/h3-7,17-18H,2,8-15H2,1H3/t17-,18+/m0/s1. The number of ether oxygens (including phenoxy) is 2. The molecule has 1 aromatic rings. The van der Waals surface area contributed by atoms with Crippen molar-refractivity contribution in [2.75, 3.05) is 63.3 Å². The fourth-order valence-electron chi connectivity index (χ4n) is 3.88. The minimum atomic E-state index is 0.145. The van der Waals surface area contributed by atoms with Crippen molar-refractivity contribution in [2.24, 2.45) is 4.99 Å². The van der Waals surface area contributed by atoms with E-state index in [4.69, 9.17) is 14.5 Å². The number of benzene rings is 1. The number of anilines is 1. The molecule has 3 aliphatic heterocycles. The molecule has 4 rings (SSSR count). The molecular formula is C19H28N4O2S. The summed E-state index contributed by atoms with van der Waals surface area (Å²) in [5, 5.41) is 1.13. The molecule has 0 aliphatic carbocycles. The van der Waals surface area contributed by atoms with Crippen LogP contribution in [0.4, 0.5) is 5.69 Å². The number of morpholine rings is 2. The van der Waals surface area contributed by atoms with Crippen molar-refractivity contribution in [3.05, 3.63) is 30.3 Å². The van der Waals surface area contributed by atoms with Gasteiger partial charge in [-0.1, -0.05) is 36.9 Å². The van der Waals surface area contributed by atoms with E-state index in [2.05, 4.69) is 52.0 Å². The second kappa shape index (κ2) is 8.71. The average Bonchev–Trinajstić information content (AvgIpc) is 3.09. The molecule has 1 aromatic carbocycles. The molecule has 26 heavy (non-hydrogen) atoms. The van der Waals surface area contributed by atoms with Crippen LogP contribution in [0.15, 0.2) is 35.3 Å². The Balaban J connectivity index is 1.68.